The van der Waals surface area contributed by atoms with Gasteiger partial charge in [0.2, 0.25) is 0 Å². The highest BCUT2D eigenvalue weighted by Gasteiger charge is 2.08. The first-order chi connectivity index (χ1) is 9.56. The largest absolute Gasteiger partial charge is 0.485 e. The third kappa shape index (κ3) is 3.95. The van der Waals surface area contributed by atoms with Crippen LogP contribution in [0.15, 0.2) is 24.5 Å². The Labute approximate surface area is 123 Å². The van der Waals surface area contributed by atoms with E-state index in [4.69, 9.17) is 16.3 Å². The van der Waals surface area contributed by atoms with E-state index < -0.39 is 0 Å². The smallest absolute Gasteiger partial charge is 0.164 e. The number of halogens is 1. The minimum atomic E-state index is 0.382. The summed E-state index contributed by atoms with van der Waals surface area (Å²) < 4.78 is 7.52. The van der Waals surface area contributed by atoms with Gasteiger partial charge in [-0.05, 0) is 18.2 Å². The van der Waals surface area contributed by atoms with Crippen molar-refractivity contribution >= 4 is 11.6 Å². The number of rotatable bonds is 6. The third-order valence-electron chi connectivity index (χ3n) is 2.89. The second-order valence-corrected chi connectivity index (χ2v) is 5.31. The van der Waals surface area contributed by atoms with Crippen LogP contribution >= 0.6 is 11.6 Å². The quantitative estimate of drug-likeness (QED) is 0.889. The monoisotopic (exact) mass is 294 g/mol. The summed E-state index contributed by atoms with van der Waals surface area (Å²) in [6.07, 6.45) is 1.52. The van der Waals surface area contributed by atoms with Crippen LogP contribution in [0.4, 0.5) is 0 Å². The highest BCUT2D eigenvalue weighted by molar-refractivity contribution is 6.30. The Bertz CT molecular complexity index is 568. The number of hydrogen-bond donors (Lipinski definition) is 1. The molecule has 0 aliphatic heterocycles. The molecule has 5 nitrogen and oxygen atoms in total. The summed E-state index contributed by atoms with van der Waals surface area (Å²) in [7, 11) is 1.84. The van der Waals surface area contributed by atoms with Crippen molar-refractivity contribution in [1.29, 1.82) is 0 Å². The summed E-state index contributed by atoms with van der Waals surface area (Å²) in [5.41, 5.74) is 1.04. The van der Waals surface area contributed by atoms with E-state index in [0.29, 0.717) is 24.2 Å². The Kier molecular flexibility index (Phi) is 4.98. The molecule has 6 heteroatoms. The Morgan fingerprint density at radius 3 is 2.85 bits per heavy atom. The highest BCUT2D eigenvalue weighted by Crippen LogP contribution is 2.23. The van der Waals surface area contributed by atoms with Crippen LogP contribution in [-0.2, 0) is 20.2 Å². The molecule has 20 heavy (non-hydrogen) atoms. The van der Waals surface area contributed by atoms with Gasteiger partial charge in [-0.3, -0.25) is 4.68 Å². The molecule has 1 heterocycles. The summed E-state index contributed by atoms with van der Waals surface area (Å²) >= 11 is 6.05. The van der Waals surface area contributed by atoms with Crippen LogP contribution < -0.4 is 10.1 Å². The van der Waals surface area contributed by atoms with E-state index >= 15 is 0 Å². The lowest BCUT2D eigenvalue weighted by molar-refractivity contribution is 0.286. The van der Waals surface area contributed by atoms with Gasteiger partial charge in [0.1, 0.15) is 18.7 Å². The molecule has 0 saturated carbocycles. The average Bonchev–Trinajstić information content (AvgIpc) is 2.81. The highest BCUT2D eigenvalue weighted by atomic mass is 35.5. The van der Waals surface area contributed by atoms with E-state index in [1.807, 2.05) is 25.2 Å². The lowest BCUT2D eigenvalue weighted by atomic mass is 10.2. The maximum absolute atomic E-state index is 6.05. The van der Waals surface area contributed by atoms with Crippen molar-refractivity contribution in [2.24, 2.45) is 7.05 Å². The SMILES string of the molecule is CC(C)NCc1cc(Cl)ccc1OCc1ncnn1C. The fraction of sp³-hybridized carbons (Fsp3) is 0.429. The molecular weight excluding hydrogens is 276 g/mol. The first-order valence-electron chi connectivity index (χ1n) is 6.53. The van der Waals surface area contributed by atoms with E-state index in [2.05, 4.69) is 29.2 Å². The van der Waals surface area contributed by atoms with E-state index in [9.17, 15) is 0 Å². The first kappa shape index (κ1) is 14.8. The van der Waals surface area contributed by atoms with Gasteiger partial charge >= 0.3 is 0 Å². The molecule has 2 rings (SSSR count). The van der Waals surface area contributed by atoms with Crippen LogP contribution in [0.1, 0.15) is 25.2 Å². The van der Waals surface area contributed by atoms with Crippen LogP contribution in [0.5, 0.6) is 5.75 Å². The first-order valence-corrected chi connectivity index (χ1v) is 6.91. The second-order valence-electron chi connectivity index (χ2n) is 4.88. The summed E-state index contributed by atoms with van der Waals surface area (Å²) in [5, 5.41) is 8.08. The predicted molar refractivity (Wildman–Crippen MR) is 78.8 cm³/mol. The van der Waals surface area contributed by atoms with Gasteiger partial charge in [0.25, 0.3) is 0 Å². The fourth-order valence-corrected chi connectivity index (χ4v) is 1.93. The summed E-state index contributed by atoms with van der Waals surface area (Å²) in [5.74, 6) is 1.59. The van der Waals surface area contributed by atoms with Crippen molar-refractivity contribution in [2.75, 3.05) is 0 Å². The molecule has 0 radical (unpaired) electrons. The molecule has 108 valence electrons. The van der Waals surface area contributed by atoms with Crippen molar-refractivity contribution in [1.82, 2.24) is 20.1 Å². The van der Waals surface area contributed by atoms with Crippen LogP contribution in [0.25, 0.3) is 0 Å². The number of nitrogens with zero attached hydrogens (tertiary/aromatic N) is 3. The van der Waals surface area contributed by atoms with Crippen LogP contribution in [0, 0.1) is 0 Å². The standard InChI is InChI=1S/C14H19ClN4O/c1-10(2)16-7-11-6-12(15)4-5-13(11)20-8-14-17-9-18-19(14)3/h4-6,9-10,16H,7-8H2,1-3H3. The maximum Gasteiger partial charge on any atom is 0.164 e. The second kappa shape index (κ2) is 6.72. The van der Waals surface area contributed by atoms with Gasteiger partial charge in [-0.2, -0.15) is 5.10 Å². The fourth-order valence-electron chi connectivity index (χ4n) is 1.73. The molecule has 0 amide bonds. The zero-order chi connectivity index (χ0) is 14.5. The normalized spacial score (nSPS) is 11.1. The molecule has 2 aromatic rings. The minimum Gasteiger partial charge on any atom is -0.485 e. The topological polar surface area (TPSA) is 52.0 Å². The molecule has 0 aliphatic carbocycles. The zero-order valence-corrected chi connectivity index (χ0v) is 12.7. The van der Waals surface area contributed by atoms with Crippen molar-refractivity contribution < 1.29 is 4.74 Å². The van der Waals surface area contributed by atoms with Gasteiger partial charge in [0.05, 0.1) is 0 Å². The lowest BCUT2D eigenvalue weighted by Crippen LogP contribution is -2.22. The third-order valence-corrected chi connectivity index (χ3v) is 3.12. The number of aryl methyl sites for hydroxylation is 1. The molecule has 1 aromatic heterocycles. The van der Waals surface area contributed by atoms with Crippen LogP contribution in [0.3, 0.4) is 0 Å². The summed E-state index contributed by atoms with van der Waals surface area (Å²) in [6, 6.07) is 6.03. The zero-order valence-electron chi connectivity index (χ0n) is 11.9. The van der Waals surface area contributed by atoms with E-state index in [1.165, 1.54) is 6.33 Å². The molecule has 0 saturated heterocycles. The number of nitrogens with one attached hydrogen (secondary N) is 1. The molecule has 0 fully saturated rings. The number of ether oxygens (including phenoxy) is 1. The van der Waals surface area contributed by atoms with Crippen molar-refractivity contribution in [3.8, 4) is 5.75 Å². The van der Waals surface area contributed by atoms with Gasteiger partial charge in [0.15, 0.2) is 5.82 Å². The van der Waals surface area contributed by atoms with Gasteiger partial charge in [-0.15, -0.1) is 0 Å². The average molecular weight is 295 g/mol. The minimum absolute atomic E-state index is 0.382. The summed E-state index contributed by atoms with van der Waals surface area (Å²) in [6.45, 7) is 5.30. The van der Waals surface area contributed by atoms with Gasteiger partial charge in [-0.1, -0.05) is 25.4 Å². The number of aromatic nitrogens is 3. The Morgan fingerprint density at radius 1 is 1.40 bits per heavy atom. The molecule has 1 N–H and O–H groups in total. The molecule has 0 aliphatic rings. The van der Waals surface area contributed by atoms with Crippen LogP contribution in [0.2, 0.25) is 5.02 Å². The molecule has 0 unspecified atom stereocenters. The van der Waals surface area contributed by atoms with Gasteiger partial charge in [-0.25, -0.2) is 4.98 Å². The van der Waals surface area contributed by atoms with Gasteiger partial charge < -0.3 is 10.1 Å². The maximum atomic E-state index is 6.05. The van der Waals surface area contributed by atoms with Crippen molar-refractivity contribution in [2.45, 2.75) is 33.0 Å². The van der Waals surface area contributed by atoms with Crippen molar-refractivity contribution in [3.05, 3.63) is 40.9 Å². The van der Waals surface area contributed by atoms with Crippen LogP contribution in [-0.4, -0.2) is 20.8 Å². The Balaban J connectivity index is 2.08. The molecular formula is C14H19ClN4O. The number of hydrogen-bond acceptors (Lipinski definition) is 4. The van der Waals surface area contributed by atoms with E-state index in [0.717, 1.165) is 17.1 Å². The molecule has 0 bridgehead atoms. The van der Waals surface area contributed by atoms with E-state index in [1.54, 1.807) is 4.68 Å². The van der Waals surface area contributed by atoms with E-state index in [-0.39, 0.29) is 0 Å². The molecule has 0 spiro atoms. The molecule has 0 atom stereocenters. The van der Waals surface area contributed by atoms with Gasteiger partial charge in [0, 0.05) is 30.2 Å². The predicted octanol–water partition coefficient (Wildman–Crippen LogP) is 2.55. The lowest BCUT2D eigenvalue weighted by Gasteiger charge is -2.14. The number of benzene rings is 1. The molecule has 1 aromatic carbocycles. The Morgan fingerprint density at radius 2 is 2.20 bits per heavy atom. The van der Waals surface area contributed by atoms with Crippen molar-refractivity contribution in [3.63, 3.8) is 0 Å². The summed E-state index contributed by atoms with van der Waals surface area (Å²) in [4.78, 5) is 4.14. The Hall–Kier alpha value is -1.59.